The average molecular weight is 341 g/mol. The number of amides is 1. The monoisotopic (exact) mass is 340 g/mol. The van der Waals surface area contributed by atoms with E-state index in [0.29, 0.717) is 38.5 Å². The van der Waals surface area contributed by atoms with Crippen molar-refractivity contribution in [3.63, 3.8) is 0 Å². The summed E-state index contributed by atoms with van der Waals surface area (Å²) < 4.78 is 10.3. The molecule has 0 bridgehead atoms. The normalized spacial score (nSPS) is 10.2. The molecule has 0 aliphatic carbocycles. The number of carbonyl (C=O) groups excluding carboxylic acids is 1. The number of hydrogen-bond donors (Lipinski definition) is 2. The summed E-state index contributed by atoms with van der Waals surface area (Å²) in [7, 11) is 3.02. The number of nitrogen functional groups attached to an aromatic ring is 1. The molecule has 2 aromatic carbocycles. The maximum Gasteiger partial charge on any atom is 0.255 e. The molecule has 2 aromatic rings. The molecule has 0 unspecified atom stereocenters. The van der Waals surface area contributed by atoms with Crippen LogP contribution in [0.1, 0.15) is 10.4 Å². The topological polar surface area (TPSA) is 73.6 Å². The summed E-state index contributed by atoms with van der Waals surface area (Å²) in [6.07, 6.45) is 0. The second-order valence-corrected chi connectivity index (χ2v) is 5.19. The van der Waals surface area contributed by atoms with E-state index in [1.807, 2.05) is 0 Å². The minimum atomic E-state index is -0.358. The maximum atomic E-state index is 12.3. The molecule has 1 amide bonds. The minimum absolute atomic E-state index is 0.302. The van der Waals surface area contributed by atoms with Gasteiger partial charge in [0, 0.05) is 5.56 Å². The number of benzene rings is 2. The maximum absolute atomic E-state index is 12.3. The van der Waals surface area contributed by atoms with E-state index in [0.717, 1.165) is 0 Å². The number of methoxy groups -OCH3 is 2. The van der Waals surface area contributed by atoms with Gasteiger partial charge < -0.3 is 20.5 Å². The van der Waals surface area contributed by atoms with Crippen LogP contribution in [-0.2, 0) is 0 Å². The van der Waals surface area contributed by atoms with Gasteiger partial charge in [-0.2, -0.15) is 0 Å². The van der Waals surface area contributed by atoms with E-state index in [-0.39, 0.29) is 5.91 Å². The van der Waals surface area contributed by atoms with Gasteiger partial charge in [-0.05, 0) is 30.3 Å². The van der Waals surface area contributed by atoms with E-state index >= 15 is 0 Å². The largest absolute Gasteiger partial charge is 0.493 e. The molecule has 0 aliphatic heterocycles. The van der Waals surface area contributed by atoms with Crippen LogP contribution >= 0.6 is 23.2 Å². The molecule has 0 aliphatic rings. The molecule has 116 valence electrons. The molecule has 22 heavy (non-hydrogen) atoms. The molecule has 0 radical (unpaired) electrons. The Morgan fingerprint density at radius 2 is 1.73 bits per heavy atom. The lowest BCUT2D eigenvalue weighted by molar-refractivity contribution is 0.102. The van der Waals surface area contributed by atoms with E-state index < -0.39 is 0 Å². The first-order chi connectivity index (χ1) is 10.5. The van der Waals surface area contributed by atoms with Crippen molar-refractivity contribution < 1.29 is 14.3 Å². The predicted molar refractivity (Wildman–Crippen MR) is 88.4 cm³/mol. The van der Waals surface area contributed by atoms with Gasteiger partial charge in [-0.1, -0.05) is 23.2 Å². The predicted octanol–water partition coefficient (Wildman–Crippen LogP) is 3.85. The van der Waals surface area contributed by atoms with Crippen molar-refractivity contribution in [2.75, 3.05) is 25.3 Å². The minimum Gasteiger partial charge on any atom is -0.493 e. The van der Waals surface area contributed by atoms with Crippen molar-refractivity contribution in [3.05, 3.63) is 45.9 Å². The molecule has 0 heterocycles. The van der Waals surface area contributed by atoms with Crippen LogP contribution in [0, 0.1) is 0 Å². The summed E-state index contributed by atoms with van der Waals surface area (Å²) in [5, 5.41) is 3.29. The summed E-state index contributed by atoms with van der Waals surface area (Å²) in [5.74, 6) is 0.632. The summed E-state index contributed by atoms with van der Waals surface area (Å²) in [5.41, 5.74) is 6.75. The highest BCUT2D eigenvalue weighted by Crippen LogP contribution is 2.32. The number of hydrogen-bond acceptors (Lipinski definition) is 4. The van der Waals surface area contributed by atoms with Gasteiger partial charge in [-0.25, -0.2) is 0 Å². The van der Waals surface area contributed by atoms with Crippen LogP contribution in [0.3, 0.4) is 0 Å². The smallest absolute Gasteiger partial charge is 0.255 e. The van der Waals surface area contributed by atoms with Gasteiger partial charge in [-0.15, -0.1) is 0 Å². The fraction of sp³-hybridized carbons (Fsp3) is 0.133. The molecule has 0 saturated heterocycles. The number of ether oxygens (including phenoxy) is 2. The van der Waals surface area contributed by atoms with Crippen molar-refractivity contribution in [1.29, 1.82) is 0 Å². The number of rotatable bonds is 4. The van der Waals surface area contributed by atoms with E-state index in [9.17, 15) is 4.79 Å². The highest BCUT2D eigenvalue weighted by atomic mass is 35.5. The highest BCUT2D eigenvalue weighted by molar-refractivity contribution is 6.37. The second-order valence-electron chi connectivity index (χ2n) is 4.38. The molecular formula is C15H14Cl2N2O3. The molecular weight excluding hydrogens is 327 g/mol. The SMILES string of the molecule is COc1ccc(C(=O)Nc2cc(Cl)c(N)cc2Cl)cc1OC. The molecule has 2 rings (SSSR count). The van der Waals surface area contributed by atoms with E-state index in [1.54, 1.807) is 18.2 Å². The van der Waals surface area contributed by atoms with E-state index in [4.69, 9.17) is 38.4 Å². The number of anilines is 2. The summed E-state index contributed by atoms with van der Waals surface area (Å²) in [6, 6.07) is 7.81. The quantitative estimate of drug-likeness (QED) is 0.829. The standard InChI is InChI=1S/C15H14Cl2N2O3/c1-21-13-4-3-8(5-14(13)22-2)15(20)19-12-7-9(16)11(18)6-10(12)17/h3-7H,18H2,1-2H3,(H,19,20). The van der Waals surface area contributed by atoms with Crippen LogP contribution in [0.5, 0.6) is 11.5 Å². The Morgan fingerprint density at radius 3 is 2.36 bits per heavy atom. The van der Waals surface area contributed by atoms with Gasteiger partial charge in [0.05, 0.1) is 35.6 Å². The van der Waals surface area contributed by atoms with Gasteiger partial charge in [-0.3, -0.25) is 4.79 Å². The number of carbonyl (C=O) groups is 1. The van der Waals surface area contributed by atoms with Gasteiger partial charge in [0.1, 0.15) is 0 Å². The third kappa shape index (κ3) is 3.37. The fourth-order valence-corrected chi connectivity index (χ4v) is 2.21. The van der Waals surface area contributed by atoms with Crippen molar-refractivity contribution in [1.82, 2.24) is 0 Å². The zero-order chi connectivity index (χ0) is 16.3. The Bertz CT molecular complexity index is 720. The third-order valence-electron chi connectivity index (χ3n) is 2.98. The van der Waals surface area contributed by atoms with Crippen LogP contribution in [0.25, 0.3) is 0 Å². The Kier molecular flexibility index (Phi) is 5.00. The first-order valence-electron chi connectivity index (χ1n) is 6.24. The third-order valence-corrected chi connectivity index (χ3v) is 3.62. The molecule has 0 saturated carbocycles. The zero-order valence-corrected chi connectivity index (χ0v) is 13.5. The van der Waals surface area contributed by atoms with Gasteiger partial charge in [0.25, 0.3) is 5.91 Å². The Balaban J connectivity index is 2.28. The number of nitrogens with one attached hydrogen (secondary N) is 1. The Labute approximate surface area is 137 Å². The molecule has 0 spiro atoms. The molecule has 5 nitrogen and oxygen atoms in total. The van der Waals surface area contributed by atoms with Crippen LogP contribution in [0.4, 0.5) is 11.4 Å². The van der Waals surface area contributed by atoms with Crippen LogP contribution in [0.2, 0.25) is 10.0 Å². The average Bonchev–Trinajstić information content (AvgIpc) is 2.51. The fourth-order valence-electron chi connectivity index (χ4n) is 1.83. The lowest BCUT2D eigenvalue weighted by Crippen LogP contribution is -2.12. The molecule has 0 aromatic heterocycles. The number of nitrogens with two attached hydrogens (primary N) is 1. The molecule has 0 atom stereocenters. The highest BCUT2D eigenvalue weighted by Gasteiger charge is 2.13. The zero-order valence-electron chi connectivity index (χ0n) is 11.9. The first kappa shape index (κ1) is 16.3. The van der Waals surface area contributed by atoms with Crippen LogP contribution in [-0.4, -0.2) is 20.1 Å². The molecule has 0 fully saturated rings. The van der Waals surface area contributed by atoms with Gasteiger partial charge >= 0.3 is 0 Å². The van der Waals surface area contributed by atoms with Crippen LogP contribution < -0.4 is 20.5 Å². The van der Waals surface area contributed by atoms with Gasteiger partial charge in [0.15, 0.2) is 11.5 Å². The van der Waals surface area contributed by atoms with Crippen molar-refractivity contribution in [3.8, 4) is 11.5 Å². The molecule has 3 N–H and O–H groups in total. The summed E-state index contributed by atoms with van der Waals surface area (Å²) in [4.78, 5) is 12.3. The van der Waals surface area contributed by atoms with Crippen molar-refractivity contribution in [2.45, 2.75) is 0 Å². The number of halogens is 2. The van der Waals surface area contributed by atoms with Crippen molar-refractivity contribution >= 4 is 40.5 Å². The second kappa shape index (κ2) is 6.77. The lowest BCUT2D eigenvalue weighted by atomic mass is 10.1. The first-order valence-corrected chi connectivity index (χ1v) is 6.99. The summed E-state index contributed by atoms with van der Waals surface area (Å²) in [6.45, 7) is 0. The summed E-state index contributed by atoms with van der Waals surface area (Å²) >= 11 is 12.0. The Morgan fingerprint density at radius 1 is 1.05 bits per heavy atom. The molecule has 7 heteroatoms. The Hall–Kier alpha value is -2.11. The lowest BCUT2D eigenvalue weighted by Gasteiger charge is -2.11. The van der Waals surface area contributed by atoms with E-state index in [2.05, 4.69) is 5.32 Å². The van der Waals surface area contributed by atoms with Crippen LogP contribution in [0.15, 0.2) is 30.3 Å². The van der Waals surface area contributed by atoms with E-state index in [1.165, 1.54) is 26.4 Å². The van der Waals surface area contributed by atoms with Crippen molar-refractivity contribution in [2.24, 2.45) is 0 Å². The van der Waals surface area contributed by atoms with Gasteiger partial charge in [0.2, 0.25) is 0 Å².